The average Bonchev–Trinajstić information content (AvgIpc) is 3.49. The van der Waals surface area contributed by atoms with Crippen molar-refractivity contribution in [2.45, 2.75) is 76.5 Å². The molecule has 3 aromatic rings. The summed E-state index contributed by atoms with van der Waals surface area (Å²) in [6, 6.07) is 11.6. The number of furan rings is 1. The molecule has 0 saturated heterocycles. The molecule has 1 atom stereocenters. The predicted molar refractivity (Wildman–Crippen MR) is 129 cm³/mol. The van der Waals surface area contributed by atoms with Gasteiger partial charge in [0.2, 0.25) is 5.91 Å². The summed E-state index contributed by atoms with van der Waals surface area (Å²) in [6.07, 6.45) is 9.15. The first-order chi connectivity index (χ1) is 17.0. The molecule has 1 saturated carbocycles. The van der Waals surface area contributed by atoms with Crippen molar-refractivity contribution >= 4 is 11.8 Å². The molecule has 1 N–H and O–H groups in total. The Bertz CT molecular complexity index is 1200. The Morgan fingerprint density at radius 1 is 1.14 bits per heavy atom. The van der Waals surface area contributed by atoms with Gasteiger partial charge in [0.25, 0.3) is 5.91 Å². The maximum absolute atomic E-state index is 14.6. The maximum Gasteiger partial charge on any atom is 0.273 e. The molecule has 0 unspecified atom stereocenters. The molecule has 1 aromatic carbocycles. The van der Waals surface area contributed by atoms with Crippen molar-refractivity contribution in [3.8, 4) is 11.5 Å². The quantitative estimate of drug-likeness (QED) is 0.564. The number of aromatic nitrogens is 2. The van der Waals surface area contributed by atoms with Gasteiger partial charge >= 0.3 is 0 Å². The Morgan fingerprint density at radius 2 is 1.89 bits per heavy atom. The van der Waals surface area contributed by atoms with Gasteiger partial charge in [-0.15, -0.1) is 0 Å². The number of hydrogen-bond acceptors (Lipinski definition) is 4. The number of carbonyl (C=O) groups excluding carboxylic acids is 2. The first kappa shape index (κ1) is 23.3. The topological polar surface area (TPSA) is 80.4 Å². The summed E-state index contributed by atoms with van der Waals surface area (Å²) in [6.45, 7) is 1.91. The van der Waals surface area contributed by atoms with Crippen molar-refractivity contribution < 1.29 is 18.4 Å². The Kier molecular flexibility index (Phi) is 6.45. The number of carbonyl (C=O) groups is 2. The molecule has 0 radical (unpaired) electrons. The fourth-order valence-corrected chi connectivity index (χ4v) is 5.17. The lowest BCUT2D eigenvalue weighted by molar-refractivity contribution is -0.134. The number of nitrogens with one attached hydrogen (secondary N) is 1. The van der Waals surface area contributed by atoms with Crippen molar-refractivity contribution in [1.29, 1.82) is 0 Å². The minimum absolute atomic E-state index is 0.0125. The van der Waals surface area contributed by atoms with Crippen LogP contribution in [-0.2, 0) is 17.9 Å². The average molecular weight is 479 g/mol. The lowest BCUT2D eigenvalue weighted by Crippen LogP contribution is -2.64. The number of rotatable bonds is 5. The van der Waals surface area contributed by atoms with Crippen LogP contribution in [0.2, 0.25) is 0 Å². The lowest BCUT2D eigenvalue weighted by atomic mass is 9.91. The van der Waals surface area contributed by atoms with E-state index in [0.717, 1.165) is 25.7 Å². The molecule has 5 rings (SSSR count). The highest BCUT2D eigenvalue weighted by molar-refractivity contribution is 6.00. The van der Waals surface area contributed by atoms with Crippen LogP contribution < -0.4 is 5.32 Å². The molecule has 3 heterocycles. The second kappa shape index (κ2) is 9.68. The standard InChI is InChI=1S/C27H31FN4O3/c1-27(26(34)29-20-11-5-3-2-4-6-12-20)18-32-23(16-22(30-32)24-14-9-15-35-24)25(33)31(27)17-19-10-7-8-13-21(19)28/h7-10,13-16,20H,2-6,11-12,17-18H2,1H3,(H,29,34)/t27-/m0/s1. The predicted octanol–water partition coefficient (Wildman–Crippen LogP) is 4.93. The molecule has 2 amide bonds. The summed E-state index contributed by atoms with van der Waals surface area (Å²) < 4.78 is 21.6. The fraction of sp³-hybridized carbons (Fsp3) is 0.444. The van der Waals surface area contributed by atoms with Crippen molar-refractivity contribution in [2.75, 3.05) is 0 Å². The molecule has 2 aliphatic rings. The molecule has 0 bridgehead atoms. The summed E-state index contributed by atoms with van der Waals surface area (Å²) in [5.74, 6) is -0.451. The Morgan fingerprint density at radius 3 is 2.60 bits per heavy atom. The van der Waals surface area contributed by atoms with Gasteiger partial charge in [0.05, 0.1) is 19.4 Å². The van der Waals surface area contributed by atoms with Gasteiger partial charge in [-0.1, -0.05) is 50.3 Å². The van der Waals surface area contributed by atoms with E-state index in [2.05, 4.69) is 10.4 Å². The lowest BCUT2D eigenvalue weighted by Gasteiger charge is -2.44. The SMILES string of the molecule is C[C@@]1(C(=O)NC2CCCCCCC2)Cn2nc(-c3ccco3)cc2C(=O)N1Cc1ccccc1F. The first-order valence-corrected chi connectivity index (χ1v) is 12.4. The van der Waals surface area contributed by atoms with E-state index in [-0.39, 0.29) is 30.9 Å². The van der Waals surface area contributed by atoms with Gasteiger partial charge < -0.3 is 14.6 Å². The van der Waals surface area contributed by atoms with Crippen molar-refractivity contribution in [3.05, 3.63) is 65.8 Å². The van der Waals surface area contributed by atoms with Gasteiger partial charge in [0.1, 0.15) is 22.7 Å². The van der Waals surface area contributed by atoms with Crippen LogP contribution in [0.1, 0.15) is 67.9 Å². The zero-order valence-electron chi connectivity index (χ0n) is 20.0. The molecule has 1 aliphatic carbocycles. The van der Waals surface area contributed by atoms with E-state index in [1.54, 1.807) is 54.3 Å². The van der Waals surface area contributed by atoms with E-state index in [9.17, 15) is 14.0 Å². The van der Waals surface area contributed by atoms with Crippen molar-refractivity contribution in [3.63, 3.8) is 0 Å². The number of fused-ring (bicyclic) bond motifs is 1. The van der Waals surface area contributed by atoms with Crippen molar-refractivity contribution in [2.24, 2.45) is 0 Å². The van der Waals surface area contributed by atoms with Crippen LogP contribution in [-0.4, -0.2) is 38.1 Å². The van der Waals surface area contributed by atoms with E-state index in [4.69, 9.17) is 4.42 Å². The smallest absolute Gasteiger partial charge is 0.273 e. The summed E-state index contributed by atoms with van der Waals surface area (Å²) in [5, 5.41) is 7.80. The van der Waals surface area contributed by atoms with Crippen LogP contribution >= 0.6 is 0 Å². The van der Waals surface area contributed by atoms with E-state index in [1.165, 1.54) is 30.2 Å². The Hall–Kier alpha value is -3.42. The van der Waals surface area contributed by atoms with Gasteiger partial charge in [-0.25, -0.2) is 4.39 Å². The molecule has 184 valence electrons. The Balaban J connectivity index is 1.49. The van der Waals surface area contributed by atoms with E-state index in [0.29, 0.717) is 22.7 Å². The molecule has 8 heteroatoms. The largest absolute Gasteiger partial charge is 0.463 e. The molecule has 1 aliphatic heterocycles. The second-order valence-corrected chi connectivity index (χ2v) is 9.82. The number of amides is 2. The monoisotopic (exact) mass is 478 g/mol. The summed E-state index contributed by atoms with van der Waals surface area (Å²) in [4.78, 5) is 29.1. The summed E-state index contributed by atoms with van der Waals surface area (Å²) in [5.41, 5.74) is 0.00385. The zero-order chi connectivity index (χ0) is 24.4. The normalized spacial score (nSPS) is 21.3. The molecule has 1 fully saturated rings. The second-order valence-electron chi connectivity index (χ2n) is 9.82. The van der Waals surface area contributed by atoms with E-state index >= 15 is 0 Å². The summed E-state index contributed by atoms with van der Waals surface area (Å²) >= 11 is 0. The molecular weight excluding hydrogens is 447 g/mol. The molecule has 0 spiro atoms. The minimum atomic E-state index is -1.23. The fourth-order valence-electron chi connectivity index (χ4n) is 5.17. The zero-order valence-corrected chi connectivity index (χ0v) is 20.0. The number of halogens is 1. The highest BCUT2D eigenvalue weighted by Crippen LogP contribution is 2.32. The highest BCUT2D eigenvalue weighted by atomic mass is 19.1. The van der Waals surface area contributed by atoms with E-state index < -0.39 is 11.4 Å². The molecule has 2 aromatic heterocycles. The third-order valence-electron chi connectivity index (χ3n) is 7.29. The number of benzene rings is 1. The Labute approximate surface area is 204 Å². The van der Waals surface area contributed by atoms with Crippen LogP contribution in [0, 0.1) is 5.82 Å². The molecular formula is C27H31FN4O3. The van der Waals surface area contributed by atoms with Gasteiger partial charge in [-0.2, -0.15) is 5.10 Å². The van der Waals surface area contributed by atoms with Crippen LogP contribution in [0.4, 0.5) is 4.39 Å². The van der Waals surface area contributed by atoms with Gasteiger partial charge in [-0.05, 0) is 38.0 Å². The third-order valence-corrected chi connectivity index (χ3v) is 7.29. The molecule has 35 heavy (non-hydrogen) atoms. The number of nitrogens with zero attached hydrogens (tertiary/aromatic N) is 3. The van der Waals surface area contributed by atoms with Crippen molar-refractivity contribution in [1.82, 2.24) is 20.0 Å². The highest BCUT2D eigenvalue weighted by Gasteiger charge is 2.48. The van der Waals surface area contributed by atoms with Crippen LogP contribution in [0.15, 0.2) is 53.1 Å². The van der Waals surface area contributed by atoms with Gasteiger partial charge in [0.15, 0.2) is 5.76 Å². The van der Waals surface area contributed by atoms with Crippen LogP contribution in [0.5, 0.6) is 0 Å². The van der Waals surface area contributed by atoms with Gasteiger partial charge in [0, 0.05) is 17.7 Å². The van der Waals surface area contributed by atoms with E-state index in [1.807, 2.05) is 0 Å². The maximum atomic E-state index is 14.6. The third kappa shape index (κ3) is 4.61. The first-order valence-electron chi connectivity index (χ1n) is 12.4. The minimum Gasteiger partial charge on any atom is -0.463 e. The molecule has 7 nitrogen and oxygen atoms in total. The number of hydrogen-bond donors (Lipinski definition) is 1. The summed E-state index contributed by atoms with van der Waals surface area (Å²) in [7, 11) is 0. The van der Waals surface area contributed by atoms with Crippen LogP contribution in [0.3, 0.4) is 0 Å². The van der Waals surface area contributed by atoms with Crippen LogP contribution in [0.25, 0.3) is 11.5 Å². The van der Waals surface area contributed by atoms with Gasteiger partial charge in [-0.3, -0.25) is 14.3 Å².